The monoisotopic (exact) mass is 184 g/mol. The van der Waals surface area contributed by atoms with Gasteiger partial charge in [-0.3, -0.25) is 0 Å². The number of ether oxygens (including phenoxy) is 2. The van der Waals surface area contributed by atoms with Crippen molar-refractivity contribution in [1.82, 2.24) is 0 Å². The van der Waals surface area contributed by atoms with Gasteiger partial charge in [0.1, 0.15) is 5.60 Å². The second kappa shape index (κ2) is 2.96. The van der Waals surface area contributed by atoms with E-state index in [4.69, 9.17) is 9.47 Å². The van der Waals surface area contributed by atoms with E-state index in [0.29, 0.717) is 5.92 Å². The third-order valence-corrected chi connectivity index (χ3v) is 4.10. The first-order valence-corrected chi connectivity index (χ1v) is 5.46. The predicted molar refractivity (Wildman–Crippen MR) is 51.7 cm³/mol. The molecule has 0 N–H and O–H groups in total. The highest BCUT2D eigenvalue weighted by Crippen LogP contribution is 2.56. The molecule has 13 heavy (non-hydrogen) atoms. The average Bonchev–Trinajstić information content (AvgIpc) is 2.28. The van der Waals surface area contributed by atoms with Gasteiger partial charge < -0.3 is 9.47 Å². The van der Waals surface area contributed by atoms with Gasteiger partial charge in [0.25, 0.3) is 0 Å². The van der Waals surface area contributed by atoms with Crippen molar-refractivity contribution in [2.75, 3.05) is 13.2 Å². The van der Waals surface area contributed by atoms with Crippen molar-refractivity contribution >= 4 is 0 Å². The summed E-state index contributed by atoms with van der Waals surface area (Å²) in [6, 6.07) is 0. The van der Waals surface area contributed by atoms with Crippen LogP contribution in [0.3, 0.4) is 0 Å². The highest BCUT2D eigenvalue weighted by molar-refractivity contribution is 5.13. The van der Waals surface area contributed by atoms with Gasteiger partial charge in [0.15, 0.2) is 0 Å². The minimum Gasteiger partial charge on any atom is -0.372 e. The Labute approximate surface area is 80.6 Å². The molecule has 1 saturated heterocycles. The molecule has 0 aromatic rings. The Balaban J connectivity index is 2.21. The Bertz CT molecular complexity index is 204. The van der Waals surface area contributed by atoms with Gasteiger partial charge in [-0.1, -0.05) is 6.92 Å². The van der Waals surface area contributed by atoms with Crippen molar-refractivity contribution in [2.24, 2.45) is 5.92 Å². The highest BCUT2D eigenvalue weighted by atomic mass is 16.6. The number of hydrogen-bond donors (Lipinski definition) is 0. The van der Waals surface area contributed by atoms with Crippen LogP contribution >= 0.6 is 0 Å². The number of rotatable bonds is 3. The van der Waals surface area contributed by atoms with E-state index in [1.54, 1.807) is 0 Å². The second-order valence-corrected chi connectivity index (χ2v) is 4.45. The summed E-state index contributed by atoms with van der Waals surface area (Å²) in [5, 5.41) is 0. The van der Waals surface area contributed by atoms with E-state index >= 15 is 0 Å². The van der Waals surface area contributed by atoms with Crippen LogP contribution in [0.4, 0.5) is 0 Å². The summed E-state index contributed by atoms with van der Waals surface area (Å²) in [6.45, 7) is 8.21. The molecule has 0 bridgehead atoms. The molecule has 2 nitrogen and oxygen atoms in total. The summed E-state index contributed by atoms with van der Waals surface area (Å²) < 4.78 is 11.9. The molecule has 76 valence electrons. The molecule has 0 spiro atoms. The van der Waals surface area contributed by atoms with E-state index < -0.39 is 0 Å². The summed E-state index contributed by atoms with van der Waals surface area (Å²) in [7, 11) is 0. The minimum atomic E-state index is -0.0219. The Morgan fingerprint density at radius 2 is 2.23 bits per heavy atom. The lowest BCUT2D eigenvalue weighted by Crippen LogP contribution is -2.59. The van der Waals surface area contributed by atoms with Gasteiger partial charge in [-0.25, -0.2) is 0 Å². The zero-order chi connectivity index (χ0) is 9.53. The van der Waals surface area contributed by atoms with Crippen molar-refractivity contribution in [2.45, 2.75) is 51.2 Å². The fourth-order valence-corrected chi connectivity index (χ4v) is 2.93. The molecule has 1 saturated carbocycles. The SMILES string of the molecule is CCO[C@@]12CC[C@@H]1CO[C@@]2(C)CC. The van der Waals surface area contributed by atoms with Crippen molar-refractivity contribution in [3.63, 3.8) is 0 Å². The molecule has 1 heterocycles. The number of fused-ring (bicyclic) bond motifs is 1. The highest BCUT2D eigenvalue weighted by Gasteiger charge is 2.64. The van der Waals surface area contributed by atoms with Gasteiger partial charge in [0, 0.05) is 12.5 Å². The predicted octanol–water partition coefficient (Wildman–Crippen LogP) is 2.37. The van der Waals surface area contributed by atoms with Gasteiger partial charge in [0.05, 0.1) is 12.2 Å². The molecule has 0 radical (unpaired) electrons. The molecular formula is C11H20O2. The third kappa shape index (κ3) is 1.02. The fourth-order valence-electron chi connectivity index (χ4n) is 2.93. The number of hydrogen-bond acceptors (Lipinski definition) is 2. The summed E-state index contributed by atoms with van der Waals surface area (Å²) in [5.41, 5.74) is 0.0441. The van der Waals surface area contributed by atoms with Crippen LogP contribution in [0.25, 0.3) is 0 Å². The van der Waals surface area contributed by atoms with Crippen LogP contribution in [0.2, 0.25) is 0 Å². The topological polar surface area (TPSA) is 18.5 Å². The minimum absolute atomic E-state index is 0.0219. The zero-order valence-corrected chi connectivity index (χ0v) is 8.93. The lowest BCUT2D eigenvalue weighted by molar-refractivity contribution is -0.190. The Morgan fingerprint density at radius 1 is 1.46 bits per heavy atom. The van der Waals surface area contributed by atoms with Crippen molar-refractivity contribution in [3.05, 3.63) is 0 Å². The van der Waals surface area contributed by atoms with E-state index in [0.717, 1.165) is 19.6 Å². The molecule has 0 unspecified atom stereocenters. The molecule has 2 rings (SSSR count). The quantitative estimate of drug-likeness (QED) is 0.670. The van der Waals surface area contributed by atoms with E-state index in [2.05, 4.69) is 20.8 Å². The smallest absolute Gasteiger partial charge is 0.102 e. The maximum atomic E-state index is 5.97. The second-order valence-electron chi connectivity index (χ2n) is 4.45. The first-order valence-electron chi connectivity index (χ1n) is 5.46. The van der Waals surface area contributed by atoms with Crippen LogP contribution in [0.5, 0.6) is 0 Å². The Morgan fingerprint density at radius 3 is 2.69 bits per heavy atom. The van der Waals surface area contributed by atoms with Gasteiger partial charge in [-0.05, 0) is 33.1 Å². The Kier molecular flexibility index (Phi) is 2.16. The standard InChI is InChI=1S/C11H20O2/c1-4-10(3)11(12-5-2)7-6-9(11)8-13-10/h9H,4-8H2,1-3H3/t9-,10+,11+/m1/s1. The molecule has 2 aliphatic rings. The van der Waals surface area contributed by atoms with Crippen LogP contribution in [-0.4, -0.2) is 24.4 Å². The van der Waals surface area contributed by atoms with Crippen molar-refractivity contribution in [1.29, 1.82) is 0 Å². The molecule has 0 aromatic carbocycles. The molecule has 0 amide bonds. The van der Waals surface area contributed by atoms with E-state index in [9.17, 15) is 0 Å². The van der Waals surface area contributed by atoms with Crippen LogP contribution in [0.15, 0.2) is 0 Å². The molecule has 0 aromatic heterocycles. The fraction of sp³-hybridized carbons (Fsp3) is 1.00. The Hall–Kier alpha value is -0.0800. The lowest BCUT2D eigenvalue weighted by Gasteiger charge is -2.51. The van der Waals surface area contributed by atoms with Gasteiger partial charge in [0.2, 0.25) is 0 Å². The van der Waals surface area contributed by atoms with Gasteiger partial charge >= 0.3 is 0 Å². The van der Waals surface area contributed by atoms with Crippen LogP contribution in [0.1, 0.15) is 40.0 Å². The average molecular weight is 184 g/mol. The van der Waals surface area contributed by atoms with E-state index in [1.165, 1.54) is 12.8 Å². The normalized spacial score (nSPS) is 48.7. The van der Waals surface area contributed by atoms with Crippen LogP contribution in [-0.2, 0) is 9.47 Å². The summed E-state index contributed by atoms with van der Waals surface area (Å²) in [6.07, 6.45) is 3.54. The van der Waals surface area contributed by atoms with Gasteiger partial charge in [-0.15, -0.1) is 0 Å². The summed E-state index contributed by atoms with van der Waals surface area (Å²) in [4.78, 5) is 0. The van der Waals surface area contributed by atoms with Gasteiger partial charge in [-0.2, -0.15) is 0 Å². The molecule has 2 fully saturated rings. The van der Waals surface area contributed by atoms with E-state index in [-0.39, 0.29) is 11.2 Å². The first-order chi connectivity index (χ1) is 6.18. The third-order valence-electron chi connectivity index (χ3n) is 4.10. The molecule has 2 heteroatoms. The molecule has 3 atom stereocenters. The lowest BCUT2D eigenvalue weighted by atomic mass is 9.62. The maximum Gasteiger partial charge on any atom is 0.102 e. The maximum absolute atomic E-state index is 5.97. The summed E-state index contributed by atoms with van der Waals surface area (Å²) >= 11 is 0. The molecular weight excluding hydrogens is 164 g/mol. The zero-order valence-electron chi connectivity index (χ0n) is 8.93. The molecule has 1 aliphatic carbocycles. The first kappa shape index (κ1) is 9.47. The van der Waals surface area contributed by atoms with E-state index in [1.807, 2.05) is 0 Å². The van der Waals surface area contributed by atoms with Crippen molar-refractivity contribution < 1.29 is 9.47 Å². The van der Waals surface area contributed by atoms with Crippen LogP contribution < -0.4 is 0 Å². The van der Waals surface area contributed by atoms with Crippen molar-refractivity contribution in [3.8, 4) is 0 Å². The summed E-state index contributed by atoms with van der Waals surface area (Å²) in [5.74, 6) is 0.664. The van der Waals surface area contributed by atoms with Crippen LogP contribution in [0, 0.1) is 5.92 Å². The largest absolute Gasteiger partial charge is 0.372 e. The molecule has 1 aliphatic heterocycles.